The van der Waals surface area contributed by atoms with E-state index in [4.69, 9.17) is 10.5 Å². The molecule has 160 valence electrons. The van der Waals surface area contributed by atoms with Crippen molar-refractivity contribution < 1.29 is 9.53 Å². The zero-order valence-corrected chi connectivity index (χ0v) is 18.2. The van der Waals surface area contributed by atoms with Crippen LogP contribution in [0, 0.1) is 5.92 Å². The van der Waals surface area contributed by atoms with Gasteiger partial charge in [-0.2, -0.15) is 0 Å². The zero-order valence-electron chi connectivity index (χ0n) is 18.2. The molecule has 3 N–H and O–H groups in total. The number of carbonyl (C=O) groups is 1. The van der Waals surface area contributed by atoms with Crippen molar-refractivity contribution in [3.05, 3.63) is 12.3 Å². The molecule has 0 saturated heterocycles. The van der Waals surface area contributed by atoms with Gasteiger partial charge in [-0.25, -0.2) is 0 Å². The molecule has 0 bridgehead atoms. The van der Waals surface area contributed by atoms with Crippen LogP contribution in [0.15, 0.2) is 12.3 Å². The van der Waals surface area contributed by atoms with Gasteiger partial charge in [0.25, 0.3) is 0 Å². The Balaban J connectivity index is 3.32. The van der Waals surface area contributed by atoms with Crippen LogP contribution in [0.2, 0.25) is 0 Å². The van der Waals surface area contributed by atoms with Gasteiger partial charge in [-0.15, -0.1) is 0 Å². The topological polar surface area (TPSA) is 64.3 Å². The van der Waals surface area contributed by atoms with Crippen LogP contribution in [0.25, 0.3) is 0 Å². The average molecular weight is 383 g/mol. The van der Waals surface area contributed by atoms with Crippen LogP contribution < -0.4 is 11.1 Å². The molecule has 27 heavy (non-hydrogen) atoms. The molecule has 0 radical (unpaired) electrons. The van der Waals surface area contributed by atoms with Crippen molar-refractivity contribution in [2.45, 2.75) is 104 Å². The van der Waals surface area contributed by atoms with E-state index in [2.05, 4.69) is 25.7 Å². The first kappa shape index (κ1) is 26.0. The fraction of sp³-hybridized carbons (Fsp3) is 0.870. The highest BCUT2D eigenvalue weighted by atomic mass is 16.5. The summed E-state index contributed by atoms with van der Waals surface area (Å²) in [4.78, 5) is 10.7. The van der Waals surface area contributed by atoms with Crippen molar-refractivity contribution in [3.8, 4) is 0 Å². The average Bonchev–Trinajstić information content (AvgIpc) is 2.62. The van der Waals surface area contributed by atoms with Crippen LogP contribution in [0.5, 0.6) is 0 Å². The van der Waals surface area contributed by atoms with Crippen LogP contribution in [-0.4, -0.2) is 25.6 Å². The third kappa shape index (κ3) is 21.1. The van der Waals surface area contributed by atoms with E-state index in [1.54, 1.807) is 0 Å². The van der Waals surface area contributed by atoms with Gasteiger partial charge in [0.2, 0.25) is 5.91 Å². The molecule has 4 nitrogen and oxygen atoms in total. The van der Waals surface area contributed by atoms with E-state index in [1.165, 1.54) is 57.8 Å². The van der Waals surface area contributed by atoms with Crippen molar-refractivity contribution in [3.63, 3.8) is 0 Å². The van der Waals surface area contributed by atoms with Crippen LogP contribution in [-0.2, 0) is 9.53 Å². The Morgan fingerprint density at radius 3 is 2.22 bits per heavy atom. The Bertz CT molecular complexity index is 358. The molecule has 0 heterocycles. The summed E-state index contributed by atoms with van der Waals surface area (Å²) in [5.74, 6) is 1.35. The second-order valence-electron chi connectivity index (χ2n) is 7.99. The summed E-state index contributed by atoms with van der Waals surface area (Å²) in [6, 6.07) is 0. The molecule has 1 atom stereocenters. The van der Waals surface area contributed by atoms with Gasteiger partial charge in [-0.05, 0) is 44.7 Å². The van der Waals surface area contributed by atoms with E-state index < -0.39 is 0 Å². The first-order valence-corrected chi connectivity index (χ1v) is 11.4. The van der Waals surface area contributed by atoms with Gasteiger partial charge >= 0.3 is 0 Å². The third-order valence-corrected chi connectivity index (χ3v) is 4.98. The molecular formula is C23H46N2O2. The highest BCUT2D eigenvalue weighted by Gasteiger charge is 2.03. The normalized spacial score (nSPS) is 12.1. The number of unbranched alkanes of at least 4 members (excludes halogenated alkanes) is 8. The molecule has 0 aromatic carbocycles. The van der Waals surface area contributed by atoms with Gasteiger partial charge in [-0.3, -0.25) is 4.79 Å². The fourth-order valence-corrected chi connectivity index (χ4v) is 3.19. The van der Waals surface area contributed by atoms with Gasteiger partial charge in [0.05, 0.1) is 12.4 Å². The minimum Gasteiger partial charge on any atom is -0.499 e. The molecule has 0 spiro atoms. The first-order chi connectivity index (χ1) is 13.1. The fourth-order valence-electron chi connectivity index (χ4n) is 3.19. The Morgan fingerprint density at radius 2 is 1.59 bits per heavy atom. The van der Waals surface area contributed by atoms with E-state index in [1.807, 2.05) is 0 Å². The maximum absolute atomic E-state index is 10.7. The minimum absolute atomic E-state index is 0.217. The van der Waals surface area contributed by atoms with Crippen LogP contribution >= 0.6 is 0 Å². The van der Waals surface area contributed by atoms with E-state index in [0.29, 0.717) is 12.3 Å². The Morgan fingerprint density at radius 1 is 0.963 bits per heavy atom. The van der Waals surface area contributed by atoms with Crippen LogP contribution in [0.4, 0.5) is 0 Å². The first-order valence-electron chi connectivity index (χ1n) is 11.4. The summed E-state index contributed by atoms with van der Waals surface area (Å²) >= 11 is 0. The minimum atomic E-state index is -0.217. The van der Waals surface area contributed by atoms with Gasteiger partial charge in [0.1, 0.15) is 0 Å². The maximum atomic E-state index is 10.7. The number of rotatable bonds is 21. The lowest BCUT2D eigenvalue weighted by molar-refractivity contribution is -0.118. The Hall–Kier alpha value is -1.03. The summed E-state index contributed by atoms with van der Waals surface area (Å²) in [6.45, 7) is 11.3. The number of primary amides is 1. The van der Waals surface area contributed by atoms with E-state index >= 15 is 0 Å². The number of hydrogen-bond donors (Lipinski definition) is 2. The van der Waals surface area contributed by atoms with Crippen LogP contribution in [0.3, 0.4) is 0 Å². The molecule has 0 aliphatic carbocycles. The van der Waals surface area contributed by atoms with Gasteiger partial charge in [0, 0.05) is 12.8 Å². The van der Waals surface area contributed by atoms with Crippen molar-refractivity contribution >= 4 is 5.91 Å². The molecular weight excluding hydrogens is 336 g/mol. The van der Waals surface area contributed by atoms with E-state index in [-0.39, 0.29) is 5.91 Å². The largest absolute Gasteiger partial charge is 0.499 e. The lowest BCUT2D eigenvalue weighted by Crippen LogP contribution is -2.23. The smallest absolute Gasteiger partial charge is 0.217 e. The summed E-state index contributed by atoms with van der Waals surface area (Å²) < 4.78 is 5.77. The molecule has 1 unspecified atom stereocenters. The molecule has 4 heteroatoms. The van der Waals surface area contributed by atoms with Gasteiger partial charge in [0.15, 0.2) is 0 Å². The molecule has 0 aliphatic heterocycles. The molecule has 0 fully saturated rings. The molecule has 0 aromatic rings. The standard InChI is InChI=1S/C23H46N2O2/c1-4-5-6-7-8-9-10-11-12-19-27-22(3)16-13-15-21(2)20-25-18-14-17-23(24)26/h21,25H,3-20H2,1-2H3,(H2,24,26). The zero-order chi connectivity index (χ0) is 20.2. The summed E-state index contributed by atoms with van der Waals surface area (Å²) in [5, 5.41) is 3.39. The van der Waals surface area contributed by atoms with Gasteiger partial charge < -0.3 is 15.8 Å². The van der Waals surface area contributed by atoms with Crippen molar-refractivity contribution in [2.24, 2.45) is 11.7 Å². The predicted molar refractivity (Wildman–Crippen MR) is 117 cm³/mol. The van der Waals surface area contributed by atoms with Crippen molar-refractivity contribution in [2.75, 3.05) is 19.7 Å². The predicted octanol–water partition coefficient (Wildman–Crippen LogP) is 5.71. The summed E-state index contributed by atoms with van der Waals surface area (Å²) in [5.41, 5.74) is 5.13. The number of allylic oxidation sites excluding steroid dienone is 1. The number of nitrogens with two attached hydrogens (primary N) is 1. The quantitative estimate of drug-likeness (QED) is 0.197. The lowest BCUT2D eigenvalue weighted by atomic mass is 10.0. The number of nitrogens with one attached hydrogen (secondary N) is 1. The monoisotopic (exact) mass is 382 g/mol. The third-order valence-electron chi connectivity index (χ3n) is 4.98. The second kappa shape index (κ2) is 19.7. The molecule has 1 amide bonds. The number of amides is 1. The molecule has 0 saturated carbocycles. The van der Waals surface area contributed by atoms with Crippen molar-refractivity contribution in [1.82, 2.24) is 5.32 Å². The number of hydrogen-bond acceptors (Lipinski definition) is 3. The molecule has 0 aliphatic rings. The van der Waals surface area contributed by atoms with Crippen molar-refractivity contribution in [1.29, 1.82) is 0 Å². The van der Waals surface area contributed by atoms with E-state index in [0.717, 1.165) is 51.1 Å². The maximum Gasteiger partial charge on any atom is 0.217 e. The van der Waals surface area contributed by atoms with Gasteiger partial charge in [-0.1, -0.05) is 71.8 Å². The summed E-state index contributed by atoms with van der Waals surface area (Å²) in [6.07, 6.45) is 16.6. The Labute approximate surface area is 168 Å². The van der Waals surface area contributed by atoms with Crippen LogP contribution in [0.1, 0.15) is 104 Å². The highest BCUT2D eigenvalue weighted by molar-refractivity contribution is 5.73. The SMILES string of the molecule is C=C(CCCC(C)CNCCCC(N)=O)OCCCCCCCCCCC. The van der Waals surface area contributed by atoms with E-state index in [9.17, 15) is 4.79 Å². The molecule has 0 rings (SSSR count). The number of carbonyl (C=O) groups excluding carboxylic acids is 1. The number of ether oxygens (including phenoxy) is 1. The second-order valence-corrected chi connectivity index (χ2v) is 7.99. The lowest BCUT2D eigenvalue weighted by Gasteiger charge is -2.13. The molecule has 0 aromatic heterocycles. The Kier molecular flexibility index (Phi) is 19.0. The highest BCUT2D eigenvalue weighted by Crippen LogP contribution is 2.13. The summed E-state index contributed by atoms with van der Waals surface area (Å²) in [7, 11) is 0.